The summed E-state index contributed by atoms with van der Waals surface area (Å²) in [6, 6.07) is 7.03. The lowest BCUT2D eigenvalue weighted by Crippen LogP contribution is -2.52. The van der Waals surface area contributed by atoms with Crippen LogP contribution in [0.4, 0.5) is 0 Å². The van der Waals surface area contributed by atoms with E-state index in [0.717, 1.165) is 43.2 Å². The maximum Gasteiger partial charge on any atom is 0.254 e. The average molecular weight is 447 g/mol. The molecule has 160 valence electrons. The highest BCUT2D eigenvalue weighted by Gasteiger charge is 2.31. The molecule has 4 rings (SSSR count). The monoisotopic (exact) mass is 446 g/mol. The van der Waals surface area contributed by atoms with Gasteiger partial charge in [0.25, 0.3) is 5.91 Å². The second-order valence-corrected chi connectivity index (χ2v) is 9.53. The number of likely N-dealkylation sites (tertiary alicyclic amines) is 1. The van der Waals surface area contributed by atoms with E-state index in [-0.39, 0.29) is 17.7 Å². The Labute approximate surface area is 186 Å². The Morgan fingerprint density at radius 2 is 1.80 bits per heavy atom. The minimum absolute atomic E-state index is 0.0183. The molecule has 2 saturated heterocycles. The number of piperidine rings is 1. The van der Waals surface area contributed by atoms with Crippen molar-refractivity contribution in [2.75, 3.05) is 39.3 Å². The third kappa shape index (κ3) is 5.02. The van der Waals surface area contributed by atoms with Crippen LogP contribution >= 0.6 is 22.9 Å². The fourth-order valence-corrected chi connectivity index (χ4v) is 5.03. The van der Waals surface area contributed by atoms with E-state index in [2.05, 4.69) is 15.3 Å². The zero-order chi connectivity index (χ0) is 21.1. The van der Waals surface area contributed by atoms with E-state index >= 15 is 0 Å². The van der Waals surface area contributed by atoms with Crippen LogP contribution in [0.25, 0.3) is 0 Å². The summed E-state index contributed by atoms with van der Waals surface area (Å²) >= 11 is 7.69. The molecule has 2 fully saturated rings. The molecule has 2 aliphatic heterocycles. The molecule has 1 aromatic carbocycles. The number of benzene rings is 1. The van der Waals surface area contributed by atoms with Crippen molar-refractivity contribution in [3.05, 3.63) is 50.9 Å². The Morgan fingerprint density at radius 3 is 2.43 bits per heavy atom. The molecule has 30 heavy (non-hydrogen) atoms. The van der Waals surface area contributed by atoms with Crippen LogP contribution in [0.5, 0.6) is 0 Å². The lowest BCUT2D eigenvalue weighted by atomic mass is 9.95. The lowest BCUT2D eigenvalue weighted by Gasteiger charge is -2.38. The van der Waals surface area contributed by atoms with Gasteiger partial charge in [-0.2, -0.15) is 0 Å². The molecule has 0 saturated carbocycles. The third-order valence-corrected chi connectivity index (χ3v) is 7.00. The van der Waals surface area contributed by atoms with Gasteiger partial charge in [-0.3, -0.25) is 14.5 Å². The van der Waals surface area contributed by atoms with Crippen LogP contribution in [0, 0.1) is 12.8 Å². The number of amides is 2. The van der Waals surface area contributed by atoms with Crippen molar-refractivity contribution in [2.45, 2.75) is 26.3 Å². The number of nitrogens with zero attached hydrogens (tertiary/aromatic N) is 4. The SMILES string of the molecule is Cc1nc(CN2CCC(C(=O)N3CCN(C(=O)c4cccc(Cl)c4)CC3)CC2)cs1. The van der Waals surface area contributed by atoms with E-state index in [9.17, 15) is 9.59 Å². The molecule has 2 amide bonds. The van der Waals surface area contributed by atoms with Crippen LogP contribution in [0.3, 0.4) is 0 Å². The molecular weight excluding hydrogens is 420 g/mol. The van der Waals surface area contributed by atoms with Crippen molar-refractivity contribution in [3.8, 4) is 0 Å². The predicted molar refractivity (Wildman–Crippen MR) is 119 cm³/mol. The van der Waals surface area contributed by atoms with Gasteiger partial charge in [0, 0.05) is 54.6 Å². The molecule has 0 unspecified atom stereocenters. The van der Waals surface area contributed by atoms with Crippen molar-refractivity contribution in [3.63, 3.8) is 0 Å². The predicted octanol–water partition coefficient (Wildman–Crippen LogP) is 3.30. The van der Waals surface area contributed by atoms with Gasteiger partial charge in [0.15, 0.2) is 0 Å². The summed E-state index contributed by atoms with van der Waals surface area (Å²) in [6.07, 6.45) is 1.78. The van der Waals surface area contributed by atoms with Crippen molar-refractivity contribution in [1.82, 2.24) is 19.7 Å². The first kappa shape index (κ1) is 21.3. The molecular formula is C22H27ClN4O2S. The molecule has 6 nitrogen and oxygen atoms in total. The van der Waals surface area contributed by atoms with Crippen molar-refractivity contribution in [2.24, 2.45) is 5.92 Å². The highest BCUT2D eigenvalue weighted by Crippen LogP contribution is 2.23. The summed E-state index contributed by atoms with van der Waals surface area (Å²) in [6.45, 7) is 7.10. The molecule has 1 aromatic heterocycles. The number of carbonyl (C=O) groups is 2. The minimum atomic E-state index is -0.0183. The number of piperazine rings is 1. The van der Waals surface area contributed by atoms with Gasteiger partial charge in [0.05, 0.1) is 10.7 Å². The fourth-order valence-electron chi connectivity index (χ4n) is 4.24. The normalized spacial score (nSPS) is 18.6. The lowest BCUT2D eigenvalue weighted by molar-refractivity contribution is -0.138. The van der Waals surface area contributed by atoms with Crippen LogP contribution in [0.1, 0.15) is 33.9 Å². The highest BCUT2D eigenvalue weighted by atomic mass is 35.5. The molecule has 0 atom stereocenters. The van der Waals surface area contributed by atoms with E-state index < -0.39 is 0 Å². The van der Waals surface area contributed by atoms with E-state index in [1.54, 1.807) is 35.6 Å². The van der Waals surface area contributed by atoms with Gasteiger partial charge in [-0.25, -0.2) is 4.98 Å². The van der Waals surface area contributed by atoms with Crippen molar-refractivity contribution in [1.29, 1.82) is 0 Å². The summed E-state index contributed by atoms with van der Waals surface area (Å²) in [5.41, 5.74) is 1.73. The van der Waals surface area contributed by atoms with E-state index in [0.29, 0.717) is 36.8 Å². The summed E-state index contributed by atoms with van der Waals surface area (Å²) in [5.74, 6) is 0.317. The maximum atomic E-state index is 13.0. The molecule has 2 aliphatic rings. The molecule has 3 heterocycles. The first-order valence-corrected chi connectivity index (χ1v) is 11.7. The van der Waals surface area contributed by atoms with Crippen LogP contribution in [-0.2, 0) is 11.3 Å². The van der Waals surface area contributed by atoms with Gasteiger partial charge in [0.1, 0.15) is 0 Å². The van der Waals surface area contributed by atoms with Gasteiger partial charge in [0.2, 0.25) is 5.91 Å². The number of hydrogen-bond acceptors (Lipinski definition) is 5. The maximum absolute atomic E-state index is 13.0. The number of thiazole rings is 1. The number of aromatic nitrogens is 1. The first-order chi connectivity index (χ1) is 14.5. The van der Waals surface area contributed by atoms with Gasteiger partial charge >= 0.3 is 0 Å². The zero-order valence-electron chi connectivity index (χ0n) is 17.2. The van der Waals surface area contributed by atoms with Gasteiger partial charge < -0.3 is 9.80 Å². The molecule has 0 aliphatic carbocycles. The summed E-state index contributed by atoms with van der Waals surface area (Å²) in [4.78, 5) is 36.3. The number of halogens is 1. The van der Waals surface area contributed by atoms with Crippen LogP contribution in [-0.4, -0.2) is 70.8 Å². The largest absolute Gasteiger partial charge is 0.339 e. The van der Waals surface area contributed by atoms with E-state index in [1.165, 1.54) is 0 Å². The Morgan fingerprint density at radius 1 is 1.10 bits per heavy atom. The Kier molecular flexibility index (Phi) is 6.71. The van der Waals surface area contributed by atoms with Crippen LogP contribution < -0.4 is 0 Å². The Bertz CT molecular complexity index is 902. The quantitative estimate of drug-likeness (QED) is 0.723. The van der Waals surface area contributed by atoms with Gasteiger partial charge in [-0.15, -0.1) is 11.3 Å². The number of hydrogen-bond donors (Lipinski definition) is 0. The van der Waals surface area contributed by atoms with Crippen LogP contribution in [0.15, 0.2) is 29.6 Å². The summed E-state index contributed by atoms with van der Waals surface area (Å²) in [7, 11) is 0. The van der Waals surface area contributed by atoms with E-state index in [1.807, 2.05) is 16.7 Å². The molecule has 8 heteroatoms. The second-order valence-electron chi connectivity index (χ2n) is 8.04. The number of carbonyl (C=O) groups excluding carboxylic acids is 2. The number of rotatable bonds is 4. The standard InChI is InChI=1S/C22H27ClN4O2S/c1-16-24-20(15-30-16)14-25-7-5-17(6-8-25)21(28)26-9-11-27(12-10-26)22(29)18-3-2-4-19(23)13-18/h2-4,13,15,17H,5-12,14H2,1H3. The average Bonchev–Trinajstić information content (AvgIpc) is 3.18. The summed E-state index contributed by atoms with van der Waals surface area (Å²) < 4.78 is 0. The topological polar surface area (TPSA) is 56.8 Å². The van der Waals surface area contributed by atoms with Crippen molar-refractivity contribution < 1.29 is 9.59 Å². The molecule has 0 bridgehead atoms. The Balaban J connectivity index is 1.24. The minimum Gasteiger partial charge on any atom is -0.339 e. The van der Waals surface area contributed by atoms with Gasteiger partial charge in [-0.1, -0.05) is 17.7 Å². The van der Waals surface area contributed by atoms with Crippen LogP contribution in [0.2, 0.25) is 5.02 Å². The summed E-state index contributed by atoms with van der Waals surface area (Å²) in [5, 5.41) is 3.78. The molecule has 0 radical (unpaired) electrons. The molecule has 0 spiro atoms. The number of aryl methyl sites for hydroxylation is 1. The molecule has 0 N–H and O–H groups in total. The van der Waals surface area contributed by atoms with Gasteiger partial charge in [-0.05, 0) is 51.1 Å². The third-order valence-electron chi connectivity index (χ3n) is 5.94. The first-order valence-electron chi connectivity index (χ1n) is 10.5. The smallest absolute Gasteiger partial charge is 0.254 e. The fraction of sp³-hybridized carbons (Fsp3) is 0.500. The molecule has 2 aromatic rings. The Hall–Kier alpha value is -1.96. The second kappa shape index (κ2) is 9.45. The zero-order valence-corrected chi connectivity index (χ0v) is 18.8. The van der Waals surface area contributed by atoms with E-state index in [4.69, 9.17) is 11.6 Å². The van der Waals surface area contributed by atoms with Crippen molar-refractivity contribution >= 4 is 34.8 Å². The highest BCUT2D eigenvalue weighted by molar-refractivity contribution is 7.09.